The summed E-state index contributed by atoms with van der Waals surface area (Å²) in [5.41, 5.74) is 2.94. The normalized spacial score (nSPS) is 14.5. The number of aryl methyl sites for hydroxylation is 1. The van der Waals surface area contributed by atoms with E-state index in [2.05, 4.69) is 26.8 Å². The third-order valence-electron chi connectivity index (χ3n) is 5.55. The first-order valence-electron chi connectivity index (χ1n) is 10.7. The molecule has 1 aliphatic heterocycles. The van der Waals surface area contributed by atoms with Gasteiger partial charge in [-0.25, -0.2) is 4.39 Å². The molecule has 0 saturated carbocycles. The second kappa shape index (κ2) is 9.50. The zero-order valence-electron chi connectivity index (χ0n) is 18.8. The molecule has 3 rings (SSSR count). The molecule has 1 fully saturated rings. The van der Waals surface area contributed by atoms with E-state index in [-0.39, 0.29) is 36.1 Å². The topological polar surface area (TPSA) is 49.9 Å². The first kappa shape index (κ1) is 22.8. The lowest BCUT2D eigenvalue weighted by Gasteiger charge is -2.35. The maximum atomic E-state index is 13.0. The lowest BCUT2D eigenvalue weighted by atomic mass is 9.85. The Labute approximate surface area is 183 Å². The van der Waals surface area contributed by atoms with E-state index in [1.165, 1.54) is 12.1 Å². The summed E-state index contributed by atoms with van der Waals surface area (Å²) in [5.74, 6) is 0.334. The lowest BCUT2D eigenvalue weighted by molar-refractivity contribution is -0.140. The van der Waals surface area contributed by atoms with Gasteiger partial charge in [0.2, 0.25) is 5.91 Å². The predicted molar refractivity (Wildman–Crippen MR) is 119 cm³/mol. The zero-order chi connectivity index (χ0) is 22.6. The van der Waals surface area contributed by atoms with Crippen LogP contribution in [-0.4, -0.2) is 54.4 Å². The SMILES string of the molecule is Cc1ccc(OCC(=O)N2CCN(C(=O)Cc3ccc(F)cc3)CC2)c(C(C)(C)C)c1. The monoisotopic (exact) mass is 426 g/mol. The van der Waals surface area contributed by atoms with Gasteiger partial charge in [0.15, 0.2) is 6.61 Å². The number of hydrogen-bond acceptors (Lipinski definition) is 3. The Balaban J connectivity index is 1.50. The van der Waals surface area contributed by atoms with Gasteiger partial charge < -0.3 is 14.5 Å². The highest BCUT2D eigenvalue weighted by Crippen LogP contribution is 2.32. The summed E-state index contributed by atoms with van der Waals surface area (Å²) in [4.78, 5) is 28.7. The highest BCUT2D eigenvalue weighted by atomic mass is 19.1. The molecule has 5 nitrogen and oxygen atoms in total. The summed E-state index contributed by atoms with van der Waals surface area (Å²) in [5, 5.41) is 0. The Morgan fingerprint density at radius 1 is 0.935 bits per heavy atom. The van der Waals surface area contributed by atoms with Gasteiger partial charge in [0.05, 0.1) is 6.42 Å². The Bertz CT molecular complexity index is 927. The van der Waals surface area contributed by atoms with Crippen LogP contribution >= 0.6 is 0 Å². The molecule has 0 bridgehead atoms. The number of carbonyl (C=O) groups excluding carboxylic acids is 2. The van der Waals surface area contributed by atoms with E-state index >= 15 is 0 Å². The van der Waals surface area contributed by atoms with E-state index in [4.69, 9.17) is 4.74 Å². The highest BCUT2D eigenvalue weighted by Gasteiger charge is 2.25. The van der Waals surface area contributed by atoms with E-state index in [1.807, 2.05) is 19.1 Å². The van der Waals surface area contributed by atoms with Crippen molar-refractivity contribution >= 4 is 11.8 Å². The summed E-state index contributed by atoms with van der Waals surface area (Å²) in [6.07, 6.45) is 0.236. The van der Waals surface area contributed by atoms with Gasteiger partial charge in [-0.15, -0.1) is 0 Å². The van der Waals surface area contributed by atoms with Crippen LogP contribution in [0.4, 0.5) is 4.39 Å². The fourth-order valence-corrected chi connectivity index (χ4v) is 3.68. The van der Waals surface area contributed by atoms with Gasteiger partial charge in [0, 0.05) is 26.2 Å². The molecule has 1 aliphatic rings. The molecule has 1 saturated heterocycles. The molecule has 6 heteroatoms. The van der Waals surface area contributed by atoms with Gasteiger partial charge in [0.1, 0.15) is 11.6 Å². The molecule has 2 aromatic rings. The van der Waals surface area contributed by atoms with Crippen molar-refractivity contribution in [3.8, 4) is 5.75 Å². The van der Waals surface area contributed by atoms with Gasteiger partial charge in [-0.2, -0.15) is 0 Å². The van der Waals surface area contributed by atoms with Gasteiger partial charge in [-0.1, -0.05) is 50.6 Å². The van der Waals surface area contributed by atoms with E-state index in [1.54, 1.807) is 21.9 Å². The van der Waals surface area contributed by atoms with Crippen molar-refractivity contribution in [2.75, 3.05) is 32.8 Å². The van der Waals surface area contributed by atoms with Crippen LogP contribution in [0.3, 0.4) is 0 Å². The lowest BCUT2D eigenvalue weighted by Crippen LogP contribution is -2.52. The number of piperazine rings is 1. The largest absolute Gasteiger partial charge is 0.483 e. The summed E-state index contributed by atoms with van der Waals surface area (Å²) < 4.78 is 18.9. The van der Waals surface area contributed by atoms with Crippen molar-refractivity contribution < 1.29 is 18.7 Å². The Kier molecular flexibility index (Phi) is 6.98. The molecule has 1 heterocycles. The summed E-state index contributed by atoms with van der Waals surface area (Å²) in [7, 11) is 0. The molecule has 2 amide bonds. The molecule has 0 spiro atoms. The standard InChI is InChI=1S/C25H31FN2O3/c1-18-5-10-22(21(15-18)25(2,3)4)31-17-24(30)28-13-11-27(12-14-28)23(29)16-19-6-8-20(26)9-7-19/h5-10,15H,11-14,16-17H2,1-4H3. The molecule has 0 unspecified atom stereocenters. The number of rotatable bonds is 5. The molecule has 31 heavy (non-hydrogen) atoms. The second-order valence-corrected chi connectivity index (χ2v) is 9.10. The van der Waals surface area contributed by atoms with Crippen LogP contribution in [0.2, 0.25) is 0 Å². The summed E-state index contributed by atoms with van der Waals surface area (Å²) in [6, 6.07) is 12.0. The van der Waals surface area contributed by atoms with Crippen LogP contribution in [0, 0.1) is 12.7 Å². The van der Waals surface area contributed by atoms with E-state index in [0.717, 1.165) is 22.4 Å². The molecular formula is C25H31FN2O3. The zero-order valence-corrected chi connectivity index (χ0v) is 18.8. The van der Waals surface area contributed by atoms with Gasteiger partial charge >= 0.3 is 0 Å². The Morgan fingerprint density at radius 3 is 2.10 bits per heavy atom. The second-order valence-electron chi connectivity index (χ2n) is 9.10. The van der Waals surface area contributed by atoms with E-state index in [9.17, 15) is 14.0 Å². The summed E-state index contributed by atoms with van der Waals surface area (Å²) >= 11 is 0. The van der Waals surface area contributed by atoms with E-state index in [0.29, 0.717) is 26.2 Å². The van der Waals surface area contributed by atoms with Crippen molar-refractivity contribution in [2.45, 2.75) is 39.5 Å². The number of amides is 2. The minimum atomic E-state index is -0.314. The third kappa shape index (κ3) is 6.06. The number of halogens is 1. The van der Waals surface area contributed by atoms with Crippen molar-refractivity contribution in [1.29, 1.82) is 0 Å². The fraction of sp³-hybridized carbons (Fsp3) is 0.440. The molecule has 2 aromatic carbocycles. The fourth-order valence-electron chi connectivity index (χ4n) is 3.68. The molecule has 166 valence electrons. The number of benzene rings is 2. The quantitative estimate of drug-likeness (QED) is 0.732. The van der Waals surface area contributed by atoms with Crippen molar-refractivity contribution in [3.63, 3.8) is 0 Å². The van der Waals surface area contributed by atoms with Crippen LogP contribution in [0.1, 0.15) is 37.5 Å². The number of carbonyl (C=O) groups is 2. The van der Waals surface area contributed by atoms with E-state index < -0.39 is 0 Å². The molecule has 0 atom stereocenters. The van der Waals surface area contributed by atoms with Crippen molar-refractivity contribution in [1.82, 2.24) is 9.80 Å². The van der Waals surface area contributed by atoms with Crippen LogP contribution in [0.15, 0.2) is 42.5 Å². The van der Waals surface area contributed by atoms with Gasteiger partial charge in [0.25, 0.3) is 5.91 Å². The van der Waals surface area contributed by atoms with Crippen LogP contribution < -0.4 is 4.74 Å². The van der Waals surface area contributed by atoms with Crippen LogP contribution in [0.5, 0.6) is 5.75 Å². The maximum Gasteiger partial charge on any atom is 0.260 e. The Morgan fingerprint density at radius 2 is 1.52 bits per heavy atom. The molecular weight excluding hydrogens is 395 g/mol. The van der Waals surface area contributed by atoms with Gasteiger partial charge in [-0.3, -0.25) is 9.59 Å². The molecule has 0 N–H and O–H groups in total. The first-order chi connectivity index (χ1) is 14.6. The average Bonchev–Trinajstić information content (AvgIpc) is 2.73. The number of nitrogens with zero attached hydrogens (tertiary/aromatic N) is 2. The minimum Gasteiger partial charge on any atom is -0.483 e. The van der Waals surface area contributed by atoms with Crippen molar-refractivity contribution in [2.24, 2.45) is 0 Å². The third-order valence-corrected chi connectivity index (χ3v) is 5.55. The molecule has 0 aliphatic carbocycles. The maximum absolute atomic E-state index is 13.0. The average molecular weight is 427 g/mol. The number of hydrogen-bond donors (Lipinski definition) is 0. The van der Waals surface area contributed by atoms with Gasteiger partial charge in [-0.05, 0) is 41.7 Å². The predicted octanol–water partition coefficient (Wildman–Crippen LogP) is 3.72. The van der Waals surface area contributed by atoms with Crippen LogP contribution in [0.25, 0.3) is 0 Å². The first-order valence-corrected chi connectivity index (χ1v) is 10.7. The molecule has 0 aromatic heterocycles. The Hall–Kier alpha value is -2.89. The smallest absolute Gasteiger partial charge is 0.260 e. The highest BCUT2D eigenvalue weighted by molar-refractivity contribution is 5.80. The molecule has 0 radical (unpaired) electrons. The summed E-state index contributed by atoms with van der Waals surface area (Å²) in [6.45, 7) is 10.3. The minimum absolute atomic E-state index is 0.00979. The number of ether oxygens (including phenoxy) is 1. The van der Waals surface area contributed by atoms with Crippen LogP contribution in [-0.2, 0) is 21.4 Å². The van der Waals surface area contributed by atoms with Crippen molar-refractivity contribution in [3.05, 3.63) is 65.0 Å².